The summed E-state index contributed by atoms with van der Waals surface area (Å²) in [6, 6.07) is 28.6. The van der Waals surface area contributed by atoms with Gasteiger partial charge in [0, 0.05) is 32.7 Å². The minimum atomic E-state index is -3.92. The SMILES string of the molecule is CCCCC(CC)CN1c2ccccc2Sc2cccc(S(=O)(=O)c3cccc4c3N(CC(CC)CCCC)c3ccccc3S4)c21. The third-order valence-electron chi connectivity index (χ3n) is 9.76. The second-order valence-electron chi connectivity index (χ2n) is 12.9. The van der Waals surface area contributed by atoms with Gasteiger partial charge >= 0.3 is 0 Å². The summed E-state index contributed by atoms with van der Waals surface area (Å²) in [6.45, 7) is 10.6. The van der Waals surface area contributed by atoms with E-state index in [4.69, 9.17) is 0 Å². The Kier molecular flexibility index (Phi) is 10.9. The zero-order chi connectivity index (χ0) is 33.0. The Bertz CT molecular complexity index is 1680. The van der Waals surface area contributed by atoms with Gasteiger partial charge in [0.1, 0.15) is 0 Å². The monoisotopic (exact) mass is 684 g/mol. The van der Waals surface area contributed by atoms with Crippen LogP contribution in [0.2, 0.25) is 0 Å². The smallest absolute Gasteiger partial charge is 0.210 e. The molecule has 4 aromatic carbocycles. The molecule has 47 heavy (non-hydrogen) atoms. The van der Waals surface area contributed by atoms with Crippen LogP contribution in [0.1, 0.15) is 79.1 Å². The Hall–Kier alpha value is -2.87. The number of hydrogen-bond donors (Lipinski definition) is 0. The van der Waals surface area contributed by atoms with Gasteiger partial charge in [0.25, 0.3) is 0 Å². The lowest BCUT2D eigenvalue weighted by molar-refractivity contribution is 0.456. The summed E-state index contributed by atoms with van der Waals surface area (Å²) in [4.78, 5) is 9.81. The molecule has 0 saturated heterocycles. The molecule has 0 aromatic heterocycles. The van der Waals surface area contributed by atoms with E-state index < -0.39 is 9.84 Å². The molecule has 2 aliphatic rings. The van der Waals surface area contributed by atoms with E-state index in [9.17, 15) is 0 Å². The predicted octanol–water partition coefficient (Wildman–Crippen LogP) is 12.2. The number of para-hydroxylation sites is 4. The second kappa shape index (κ2) is 15.1. The van der Waals surface area contributed by atoms with Gasteiger partial charge in [-0.2, -0.15) is 0 Å². The highest BCUT2D eigenvalue weighted by Gasteiger charge is 2.36. The van der Waals surface area contributed by atoms with Crippen molar-refractivity contribution in [1.82, 2.24) is 0 Å². The molecule has 0 spiro atoms. The first-order valence-corrected chi connectivity index (χ1v) is 20.6. The molecule has 2 atom stereocenters. The molecule has 0 fully saturated rings. The van der Waals surface area contributed by atoms with Gasteiger partial charge in [0.05, 0.1) is 32.5 Å². The Balaban J connectivity index is 1.50. The fraction of sp³-hybridized carbons (Fsp3) is 0.400. The Labute approximate surface area is 291 Å². The summed E-state index contributed by atoms with van der Waals surface area (Å²) >= 11 is 3.37. The van der Waals surface area contributed by atoms with Gasteiger partial charge in [-0.3, -0.25) is 0 Å². The third kappa shape index (κ3) is 6.86. The molecule has 0 saturated carbocycles. The first kappa shape index (κ1) is 34.0. The quantitative estimate of drug-likeness (QED) is 0.132. The van der Waals surface area contributed by atoms with Crippen LogP contribution in [0.4, 0.5) is 22.7 Å². The molecule has 2 aliphatic heterocycles. The van der Waals surface area contributed by atoms with Gasteiger partial charge in [-0.15, -0.1) is 0 Å². The maximum absolute atomic E-state index is 15.3. The Morgan fingerprint density at radius 3 is 1.36 bits per heavy atom. The summed E-state index contributed by atoms with van der Waals surface area (Å²) in [5.74, 6) is 0.938. The Morgan fingerprint density at radius 1 is 0.553 bits per heavy atom. The number of unbranched alkanes of at least 4 members (excludes halogenated alkanes) is 2. The molecule has 0 bridgehead atoms. The van der Waals surface area contributed by atoms with Crippen molar-refractivity contribution in [3.63, 3.8) is 0 Å². The van der Waals surface area contributed by atoms with Gasteiger partial charge < -0.3 is 9.80 Å². The normalized spacial score (nSPS) is 15.0. The average molecular weight is 685 g/mol. The number of hydrogen-bond acceptors (Lipinski definition) is 6. The molecule has 2 heterocycles. The van der Waals surface area contributed by atoms with Crippen LogP contribution >= 0.6 is 23.5 Å². The van der Waals surface area contributed by atoms with E-state index in [0.29, 0.717) is 21.6 Å². The third-order valence-corrected chi connectivity index (χ3v) is 13.8. The maximum atomic E-state index is 15.3. The summed E-state index contributed by atoms with van der Waals surface area (Å²) < 4.78 is 30.6. The van der Waals surface area contributed by atoms with Gasteiger partial charge in [-0.25, -0.2) is 8.42 Å². The standard InChI is InChI=1S/C40H48N2O2S3/c1-5-9-17-29(7-3)27-41-31-19-11-13-21-33(31)45-35-23-15-25-37(39(35)41)47(43,44)38-26-16-24-36-40(38)42(28-30(8-4)18-10-6-2)32-20-12-14-22-34(32)46-36/h11-16,19-26,29-30H,5-10,17-18,27-28H2,1-4H3. The summed E-state index contributed by atoms with van der Waals surface area (Å²) in [7, 11) is -3.92. The van der Waals surface area contributed by atoms with E-state index >= 15 is 8.42 Å². The molecular weight excluding hydrogens is 637 g/mol. The molecule has 2 unspecified atom stereocenters. The largest absolute Gasteiger partial charge is 0.338 e. The van der Waals surface area contributed by atoms with Crippen molar-refractivity contribution in [3.8, 4) is 0 Å². The fourth-order valence-corrected chi connectivity index (χ4v) is 11.1. The highest BCUT2D eigenvalue weighted by Crippen LogP contribution is 2.55. The number of fused-ring (bicyclic) bond motifs is 4. The molecule has 4 aromatic rings. The van der Waals surface area contributed by atoms with Crippen LogP contribution in [0.3, 0.4) is 0 Å². The molecule has 0 N–H and O–H groups in total. The molecule has 0 aliphatic carbocycles. The zero-order valence-electron chi connectivity index (χ0n) is 28.2. The van der Waals surface area contributed by atoms with Crippen LogP contribution in [0.15, 0.2) is 114 Å². The molecule has 0 amide bonds. The first-order chi connectivity index (χ1) is 22.9. The highest BCUT2D eigenvalue weighted by molar-refractivity contribution is 8.00. The first-order valence-electron chi connectivity index (χ1n) is 17.5. The zero-order valence-corrected chi connectivity index (χ0v) is 30.7. The van der Waals surface area contributed by atoms with Gasteiger partial charge in [-0.05, 0) is 73.2 Å². The van der Waals surface area contributed by atoms with Gasteiger partial charge in [0.15, 0.2) is 0 Å². The number of benzene rings is 4. The Morgan fingerprint density at radius 2 is 0.957 bits per heavy atom. The van der Waals surface area contributed by atoms with E-state index in [-0.39, 0.29) is 0 Å². The van der Waals surface area contributed by atoms with Crippen LogP contribution in [-0.4, -0.2) is 21.5 Å². The van der Waals surface area contributed by atoms with E-state index in [2.05, 4.69) is 98.2 Å². The van der Waals surface area contributed by atoms with Crippen LogP contribution in [-0.2, 0) is 9.84 Å². The number of sulfone groups is 1. The second-order valence-corrected chi connectivity index (χ2v) is 17.0. The number of rotatable bonds is 14. The maximum Gasteiger partial charge on any atom is 0.210 e. The van der Waals surface area contributed by atoms with Crippen molar-refractivity contribution in [1.29, 1.82) is 0 Å². The molecular formula is C40H48N2O2S3. The number of anilines is 4. The van der Waals surface area contributed by atoms with Gasteiger partial charge in [0.2, 0.25) is 9.84 Å². The summed E-state index contributed by atoms with van der Waals surface area (Å²) in [5, 5.41) is 0. The van der Waals surface area contributed by atoms with Crippen molar-refractivity contribution in [3.05, 3.63) is 84.9 Å². The van der Waals surface area contributed by atoms with E-state index in [1.807, 2.05) is 24.3 Å². The van der Waals surface area contributed by atoms with E-state index in [1.54, 1.807) is 23.5 Å². The predicted molar refractivity (Wildman–Crippen MR) is 200 cm³/mol. The van der Waals surface area contributed by atoms with Crippen molar-refractivity contribution >= 4 is 56.1 Å². The fourth-order valence-electron chi connectivity index (χ4n) is 6.99. The van der Waals surface area contributed by atoms with Crippen LogP contribution in [0, 0.1) is 11.8 Å². The van der Waals surface area contributed by atoms with Crippen LogP contribution in [0.25, 0.3) is 0 Å². The average Bonchev–Trinajstić information content (AvgIpc) is 3.10. The minimum absolute atomic E-state index is 0.401. The molecule has 7 heteroatoms. The van der Waals surface area contributed by atoms with Crippen LogP contribution < -0.4 is 9.80 Å². The number of nitrogens with zero attached hydrogens (tertiary/aromatic N) is 2. The molecule has 0 radical (unpaired) electrons. The van der Waals surface area contributed by atoms with Crippen molar-refractivity contribution < 1.29 is 8.42 Å². The lowest BCUT2D eigenvalue weighted by Gasteiger charge is -2.38. The van der Waals surface area contributed by atoms with E-state index in [1.165, 1.54) is 22.6 Å². The van der Waals surface area contributed by atoms with Crippen LogP contribution in [0.5, 0.6) is 0 Å². The highest BCUT2D eigenvalue weighted by atomic mass is 32.2. The molecule has 6 rings (SSSR count). The van der Waals surface area contributed by atoms with Crippen molar-refractivity contribution in [2.75, 3.05) is 22.9 Å². The van der Waals surface area contributed by atoms with Crippen molar-refractivity contribution in [2.45, 2.75) is 108 Å². The van der Waals surface area contributed by atoms with Crippen molar-refractivity contribution in [2.24, 2.45) is 11.8 Å². The lowest BCUT2D eigenvalue weighted by Crippen LogP contribution is -2.30. The summed E-state index contributed by atoms with van der Waals surface area (Å²) in [6.07, 6.45) is 9.07. The molecule has 4 nitrogen and oxygen atoms in total. The van der Waals surface area contributed by atoms with Gasteiger partial charge in [-0.1, -0.05) is 126 Å². The minimum Gasteiger partial charge on any atom is -0.338 e. The topological polar surface area (TPSA) is 40.6 Å². The summed E-state index contributed by atoms with van der Waals surface area (Å²) in [5.41, 5.74) is 3.86. The van der Waals surface area contributed by atoms with E-state index in [0.717, 1.165) is 84.2 Å². The molecule has 248 valence electrons. The lowest BCUT2D eigenvalue weighted by atomic mass is 9.98.